The van der Waals surface area contributed by atoms with E-state index in [-0.39, 0.29) is 81.4 Å². The number of piperazine rings is 1. The number of rotatable bonds is 4. The van der Waals surface area contributed by atoms with Crippen LogP contribution in [0.2, 0.25) is 0 Å². The zero-order valence-electron chi connectivity index (χ0n) is 26.0. The largest absolute Gasteiger partial charge is 0.507 e. The molecule has 0 spiro atoms. The number of nitriles is 1. The summed E-state index contributed by atoms with van der Waals surface area (Å²) in [6, 6.07) is 0.326. The number of likely N-dealkylation sites (N-methyl/N-ethyl adjacent to an activating group) is 1. The minimum Gasteiger partial charge on any atom is -0.507 e. The van der Waals surface area contributed by atoms with Crippen molar-refractivity contribution in [2.24, 2.45) is 0 Å². The molecule has 1 fully saturated rings. The Hall–Kier alpha value is -2.78. The van der Waals surface area contributed by atoms with Gasteiger partial charge in [0.15, 0.2) is 11.5 Å². The summed E-state index contributed by atoms with van der Waals surface area (Å²) in [7, 11) is 1.91. The molecule has 1 radical (unpaired) electrons. The van der Waals surface area contributed by atoms with Crippen LogP contribution in [0.15, 0.2) is 6.07 Å². The maximum absolute atomic E-state index is 13.0. The number of hydrogen-bond donors (Lipinski definition) is 4. The monoisotopic (exact) mass is 856 g/mol. The van der Waals surface area contributed by atoms with Gasteiger partial charge in [-0.25, -0.2) is 0 Å². The van der Waals surface area contributed by atoms with Crippen LogP contribution in [0, 0.1) is 76.2 Å². The van der Waals surface area contributed by atoms with Gasteiger partial charge in [0.2, 0.25) is 12.7 Å². The van der Waals surface area contributed by atoms with Crippen LogP contribution in [-0.2, 0) is 22.4 Å². The molecule has 243 valence electrons. The fourth-order valence-corrected chi connectivity index (χ4v) is 7.60. The molecule has 4 aliphatic heterocycles. The minimum atomic E-state index is -5.16. The van der Waals surface area contributed by atoms with Crippen molar-refractivity contribution in [1.82, 2.24) is 20.4 Å². The molecule has 15 heteroatoms. The third-order valence-corrected chi connectivity index (χ3v) is 9.93. The number of ether oxygens (including phenoxy) is 2. The van der Waals surface area contributed by atoms with Gasteiger partial charge in [0.1, 0.15) is 23.6 Å². The van der Waals surface area contributed by atoms with Crippen molar-refractivity contribution in [2.45, 2.75) is 83.0 Å². The SMILES string of the molecule is Cc1cc2c(c(O)c1C)[C@@H]1C3Cc4c(O)c(C)c5c(c4[C@H](CNC(=O)[C@@H](C)NC(=O)C(F)(F)F)N3[C@@H](C#N)[C@@H](C2)N1C)OCO5.[Ac]. The van der Waals surface area contributed by atoms with Crippen LogP contribution in [0.3, 0.4) is 0 Å². The maximum Gasteiger partial charge on any atom is 0.471 e. The number of aryl methyl sites for hydroxylation is 1. The van der Waals surface area contributed by atoms with Crippen LogP contribution in [0.25, 0.3) is 0 Å². The Kier molecular flexibility index (Phi) is 9.28. The van der Waals surface area contributed by atoms with Crippen molar-refractivity contribution in [1.29, 1.82) is 5.26 Å². The van der Waals surface area contributed by atoms with E-state index in [1.165, 1.54) is 0 Å². The molecule has 46 heavy (non-hydrogen) atoms. The van der Waals surface area contributed by atoms with Gasteiger partial charge >= 0.3 is 12.1 Å². The summed E-state index contributed by atoms with van der Waals surface area (Å²) in [6.07, 6.45) is -4.41. The van der Waals surface area contributed by atoms with Crippen molar-refractivity contribution >= 4 is 11.8 Å². The van der Waals surface area contributed by atoms with Crippen molar-refractivity contribution in [2.75, 3.05) is 20.4 Å². The van der Waals surface area contributed by atoms with Crippen LogP contribution in [0.5, 0.6) is 23.0 Å². The third kappa shape index (κ3) is 5.30. The predicted octanol–water partition coefficient (Wildman–Crippen LogP) is 2.71. The van der Waals surface area contributed by atoms with Crippen LogP contribution < -0.4 is 20.1 Å². The Morgan fingerprint density at radius 2 is 1.76 bits per heavy atom. The summed E-state index contributed by atoms with van der Waals surface area (Å²) in [6.45, 7) is 6.33. The number of halogens is 3. The summed E-state index contributed by atoms with van der Waals surface area (Å²) in [5.41, 5.74) is 4.89. The number of hydrogen-bond acceptors (Lipinski definition) is 9. The first-order valence-electron chi connectivity index (χ1n) is 14.7. The smallest absolute Gasteiger partial charge is 0.471 e. The number of benzene rings is 2. The molecular weight excluding hydrogens is 822 g/mol. The van der Waals surface area contributed by atoms with E-state index in [2.05, 4.69) is 16.3 Å². The molecule has 4 heterocycles. The van der Waals surface area contributed by atoms with E-state index >= 15 is 0 Å². The number of phenols is 2. The molecule has 6 rings (SSSR count). The van der Waals surface area contributed by atoms with Crippen LogP contribution in [0.4, 0.5) is 13.2 Å². The number of nitrogens with zero attached hydrogens (tertiary/aromatic N) is 3. The molecule has 6 atom stereocenters. The third-order valence-electron chi connectivity index (χ3n) is 9.93. The predicted molar refractivity (Wildman–Crippen MR) is 153 cm³/mol. The molecule has 2 bridgehead atoms. The zero-order chi connectivity index (χ0) is 32.7. The quantitative estimate of drug-likeness (QED) is 0.365. The van der Waals surface area contributed by atoms with Gasteiger partial charge < -0.3 is 30.3 Å². The van der Waals surface area contributed by atoms with Gasteiger partial charge in [-0.3, -0.25) is 19.4 Å². The summed E-state index contributed by atoms with van der Waals surface area (Å²) in [5.74, 6) is -2.24. The van der Waals surface area contributed by atoms with Crippen molar-refractivity contribution < 1.29 is 86.5 Å². The number of phenolic OH excluding ortho intramolecular Hbond substituents is 2. The molecule has 2 aromatic rings. The standard InChI is InChI=1S/C31H34F3N5O6.Ac/c1-12-6-16-7-18-20(9-35)39-19(24(38(18)5)22(16)26(41)13(12)2)8-17-23(28-27(44-11-45-28)14(3)25(17)40)21(39)10-36-29(42)15(4)37-30(43)31(32,33)34;/h6,15,18-21,24,40-41H,7-8,10-11H2,1-5H3,(H,36,42)(H,37,43);/t15-,18-,19?,20+,21+,24+;/m1./s1. The van der Waals surface area contributed by atoms with E-state index in [4.69, 9.17) is 9.47 Å². The Labute approximate surface area is 299 Å². The van der Waals surface area contributed by atoms with Gasteiger partial charge in [-0.1, -0.05) is 6.07 Å². The molecule has 4 aliphatic rings. The molecule has 2 aromatic carbocycles. The second kappa shape index (κ2) is 12.3. The Morgan fingerprint density at radius 3 is 2.41 bits per heavy atom. The number of alkyl halides is 3. The van der Waals surface area contributed by atoms with Crippen molar-refractivity contribution in [3.8, 4) is 29.1 Å². The Bertz CT molecular complexity index is 1660. The van der Waals surface area contributed by atoms with E-state index in [1.54, 1.807) is 12.2 Å². The summed E-state index contributed by atoms with van der Waals surface area (Å²) < 4.78 is 50.1. The fourth-order valence-electron chi connectivity index (χ4n) is 7.60. The number of carbonyl (C=O) groups excluding carboxylic acids is 2. The van der Waals surface area contributed by atoms with Gasteiger partial charge in [-0.15, -0.1) is 0 Å². The second-order valence-electron chi connectivity index (χ2n) is 12.3. The van der Waals surface area contributed by atoms with Crippen LogP contribution in [0.1, 0.15) is 58.0 Å². The van der Waals surface area contributed by atoms with Gasteiger partial charge in [0, 0.05) is 84.9 Å². The van der Waals surface area contributed by atoms with E-state index in [9.17, 15) is 38.2 Å². The molecule has 1 saturated heterocycles. The van der Waals surface area contributed by atoms with Crippen molar-refractivity contribution in [3.05, 3.63) is 45.0 Å². The summed E-state index contributed by atoms with van der Waals surface area (Å²) in [5, 5.41) is 37.9. The first-order valence-corrected chi connectivity index (χ1v) is 14.7. The average Bonchev–Trinajstić information content (AvgIpc) is 3.47. The second-order valence-corrected chi connectivity index (χ2v) is 12.3. The molecule has 0 aromatic heterocycles. The van der Waals surface area contributed by atoms with Crippen LogP contribution >= 0.6 is 0 Å². The fraction of sp³-hybridized carbons (Fsp3) is 0.516. The average molecular weight is 857 g/mol. The van der Waals surface area contributed by atoms with Crippen LogP contribution in [-0.4, -0.2) is 82.6 Å². The number of carbonyl (C=O) groups is 2. The summed E-state index contributed by atoms with van der Waals surface area (Å²) >= 11 is 0. The molecule has 4 N–H and O–H groups in total. The Balaban J connectivity index is 0.00000417. The van der Waals surface area contributed by atoms with Gasteiger partial charge in [-0.05, 0) is 64.3 Å². The first-order chi connectivity index (χ1) is 21.2. The number of amides is 2. The summed E-state index contributed by atoms with van der Waals surface area (Å²) in [4.78, 5) is 28.6. The zero-order valence-corrected chi connectivity index (χ0v) is 30.7. The molecule has 0 aliphatic carbocycles. The van der Waals surface area contributed by atoms with E-state index < -0.39 is 48.2 Å². The normalized spacial score (nSPS) is 25.2. The van der Waals surface area contributed by atoms with Crippen molar-refractivity contribution in [3.63, 3.8) is 0 Å². The molecule has 1 unspecified atom stereocenters. The maximum atomic E-state index is 13.0. The Morgan fingerprint density at radius 1 is 1.09 bits per heavy atom. The molecule has 0 saturated carbocycles. The van der Waals surface area contributed by atoms with E-state index in [1.807, 2.05) is 31.9 Å². The first kappa shape index (κ1) is 34.6. The van der Waals surface area contributed by atoms with Gasteiger partial charge in [0.25, 0.3) is 0 Å². The van der Waals surface area contributed by atoms with E-state index in [0.29, 0.717) is 34.6 Å². The van der Waals surface area contributed by atoms with E-state index in [0.717, 1.165) is 29.2 Å². The molecule has 11 nitrogen and oxygen atoms in total. The number of aromatic hydroxyl groups is 2. The van der Waals surface area contributed by atoms with Gasteiger partial charge in [-0.2, -0.15) is 18.4 Å². The number of fused-ring (bicyclic) bond motifs is 9. The minimum absolute atomic E-state index is 0. The van der Waals surface area contributed by atoms with Gasteiger partial charge in [0.05, 0.1) is 18.2 Å². The molecule has 2 amide bonds. The topological polar surface area (TPSA) is 147 Å². The number of nitrogens with one attached hydrogen (secondary N) is 2. The molecular formula is C31H34AcF3N5O6.